The van der Waals surface area contributed by atoms with Crippen LogP contribution in [-0.4, -0.2) is 37.5 Å². The van der Waals surface area contributed by atoms with E-state index in [1.165, 1.54) is 0 Å². The van der Waals surface area contributed by atoms with Gasteiger partial charge < -0.3 is 0 Å². The molecular formula is C11H19N2OP. The number of nitrogens with zero attached hydrogens (tertiary/aromatic N) is 2. The van der Waals surface area contributed by atoms with Gasteiger partial charge >= 0.3 is 0 Å². The van der Waals surface area contributed by atoms with Crippen LogP contribution in [0.4, 0.5) is 0 Å². The Kier molecular flexibility index (Phi) is 4.09. The first kappa shape index (κ1) is 12.4. The van der Waals surface area contributed by atoms with Crippen LogP contribution in [0.2, 0.25) is 0 Å². The SMILES string of the molecule is CN(C)P(=O)(Cc1ccccc1)N(C)C. The smallest absolute Gasteiger partial charge is 0.219 e. The van der Waals surface area contributed by atoms with Gasteiger partial charge in [-0.15, -0.1) is 0 Å². The Morgan fingerprint density at radius 3 is 1.87 bits per heavy atom. The summed E-state index contributed by atoms with van der Waals surface area (Å²) in [4.78, 5) is 0. The van der Waals surface area contributed by atoms with E-state index in [1.807, 2.05) is 67.9 Å². The van der Waals surface area contributed by atoms with Crippen molar-refractivity contribution in [2.45, 2.75) is 6.16 Å². The standard InChI is InChI=1S/C11H19N2OP/c1-12(2)15(14,13(3)4)10-11-8-6-5-7-9-11/h5-9H,10H2,1-4H3. The summed E-state index contributed by atoms with van der Waals surface area (Å²) in [5.41, 5.74) is 1.11. The van der Waals surface area contributed by atoms with Gasteiger partial charge in [0.25, 0.3) is 0 Å². The maximum absolute atomic E-state index is 12.6. The molecule has 0 bridgehead atoms. The van der Waals surface area contributed by atoms with Crippen LogP contribution in [0.1, 0.15) is 5.56 Å². The minimum absolute atomic E-state index is 0.591. The van der Waals surface area contributed by atoms with Gasteiger partial charge in [-0.05, 0) is 33.8 Å². The van der Waals surface area contributed by atoms with Crippen LogP contribution in [0.15, 0.2) is 30.3 Å². The summed E-state index contributed by atoms with van der Waals surface area (Å²) in [6, 6.07) is 9.95. The second kappa shape index (κ2) is 4.93. The summed E-state index contributed by atoms with van der Waals surface area (Å²) in [5, 5.41) is 0. The monoisotopic (exact) mass is 226 g/mol. The molecule has 3 nitrogen and oxygen atoms in total. The Labute approximate surface area is 92.2 Å². The van der Waals surface area contributed by atoms with Crippen molar-refractivity contribution < 1.29 is 4.57 Å². The molecule has 0 fully saturated rings. The molecule has 0 atom stereocenters. The summed E-state index contributed by atoms with van der Waals surface area (Å²) in [7, 11) is 5.04. The first-order valence-corrected chi connectivity index (χ1v) is 6.75. The zero-order valence-electron chi connectivity index (χ0n) is 9.84. The lowest BCUT2D eigenvalue weighted by Crippen LogP contribution is -2.22. The third-order valence-corrected chi connectivity index (χ3v) is 5.76. The van der Waals surface area contributed by atoms with Gasteiger partial charge in [0.05, 0.1) is 6.16 Å². The predicted octanol–water partition coefficient (Wildman–Crippen LogP) is 2.50. The summed E-state index contributed by atoms with van der Waals surface area (Å²) in [6.45, 7) is 0. The molecule has 0 N–H and O–H groups in total. The highest BCUT2D eigenvalue weighted by Crippen LogP contribution is 2.52. The van der Waals surface area contributed by atoms with E-state index in [4.69, 9.17) is 0 Å². The molecule has 1 rings (SSSR count). The van der Waals surface area contributed by atoms with Gasteiger partial charge in [0.15, 0.2) is 0 Å². The van der Waals surface area contributed by atoms with E-state index < -0.39 is 7.44 Å². The Balaban J connectivity index is 2.91. The van der Waals surface area contributed by atoms with Crippen LogP contribution in [0, 0.1) is 0 Å². The number of hydrogen-bond acceptors (Lipinski definition) is 1. The third kappa shape index (κ3) is 2.91. The summed E-state index contributed by atoms with van der Waals surface area (Å²) in [6.07, 6.45) is 0.591. The van der Waals surface area contributed by atoms with Gasteiger partial charge in [-0.2, -0.15) is 0 Å². The van der Waals surface area contributed by atoms with Crippen LogP contribution in [0.3, 0.4) is 0 Å². The highest BCUT2D eigenvalue weighted by molar-refractivity contribution is 7.58. The van der Waals surface area contributed by atoms with Crippen molar-refractivity contribution in [3.63, 3.8) is 0 Å². The molecule has 0 unspecified atom stereocenters. The zero-order valence-corrected chi connectivity index (χ0v) is 10.7. The molecule has 0 spiro atoms. The van der Waals surface area contributed by atoms with Crippen LogP contribution < -0.4 is 0 Å². The van der Waals surface area contributed by atoms with E-state index in [9.17, 15) is 4.57 Å². The van der Waals surface area contributed by atoms with Gasteiger partial charge in [0, 0.05) is 0 Å². The van der Waals surface area contributed by atoms with E-state index in [-0.39, 0.29) is 0 Å². The number of hydrogen-bond donors (Lipinski definition) is 0. The molecule has 0 aliphatic rings. The lowest BCUT2D eigenvalue weighted by molar-refractivity contribution is 0.446. The van der Waals surface area contributed by atoms with Crippen LogP contribution in [0.5, 0.6) is 0 Å². The van der Waals surface area contributed by atoms with Crippen molar-refractivity contribution in [1.29, 1.82) is 0 Å². The normalized spacial score (nSPS) is 12.4. The third-order valence-electron chi connectivity index (χ3n) is 2.48. The van der Waals surface area contributed by atoms with E-state index in [0.717, 1.165) is 5.56 Å². The summed E-state index contributed by atoms with van der Waals surface area (Å²) in [5.74, 6) is 0. The molecule has 15 heavy (non-hydrogen) atoms. The molecule has 0 aliphatic carbocycles. The molecule has 0 aromatic heterocycles. The number of rotatable bonds is 4. The molecule has 0 heterocycles. The first-order chi connectivity index (χ1) is 6.97. The molecule has 0 amide bonds. The second-order valence-electron chi connectivity index (χ2n) is 4.00. The Bertz CT molecular complexity index is 337. The van der Waals surface area contributed by atoms with Crippen molar-refractivity contribution in [3.8, 4) is 0 Å². The predicted molar refractivity (Wildman–Crippen MR) is 65.1 cm³/mol. The fourth-order valence-electron chi connectivity index (χ4n) is 1.46. The Morgan fingerprint density at radius 2 is 1.47 bits per heavy atom. The van der Waals surface area contributed by atoms with E-state index in [1.54, 1.807) is 0 Å². The fraction of sp³-hybridized carbons (Fsp3) is 0.455. The van der Waals surface area contributed by atoms with Gasteiger partial charge in [-0.1, -0.05) is 30.3 Å². The molecule has 0 saturated heterocycles. The molecule has 1 aromatic carbocycles. The van der Waals surface area contributed by atoms with E-state index >= 15 is 0 Å². The van der Waals surface area contributed by atoms with Gasteiger partial charge in [-0.25, -0.2) is 9.34 Å². The molecular weight excluding hydrogens is 207 g/mol. The molecule has 4 heteroatoms. The highest BCUT2D eigenvalue weighted by atomic mass is 31.2. The molecule has 84 valence electrons. The summed E-state index contributed by atoms with van der Waals surface area (Å²) < 4.78 is 16.3. The van der Waals surface area contributed by atoms with Crippen molar-refractivity contribution in [2.75, 3.05) is 28.2 Å². The van der Waals surface area contributed by atoms with Gasteiger partial charge in [0.1, 0.15) is 0 Å². The van der Waals surface area contributed by atoms with Crippen molar-refractivity contribution in [2.24, 2.45) is 0 Å². The van der Waals surface area contributed by atoms with Gasteiger partial charge in [-0.3, -0.25) is 4.57 Å². The van der Waals surface area contributed by atoms with Gasteiger partial charge in [0.2, 0.25) is 7.44 Å². The maximum atomic E-state index is 12.6. The minimum Gasteiger partial charge on any atom is -0.288 e. The highest BCUT2D eigenvalue weighted by Gasteiger charge is 2.27. The fourth-order valence-corrected chi connectivity index (χ4v) is 3.43. The molecule has 1 aromatic rings. The van der Waals surface area contributed by atoms with E-state index in [2.05, 4.69) is 0 Å². The van der Waals surface area contributed by atoms with Crippen LogP contribution in [0.25, 0.3) is 0 Å². The molecule has 0 saturated carbocycles. The van der Waals surface area contributed by atoms with Crippen molar-refractivity contribution in [1.82, 2.24) is 9.34 Å². The Morgan fingerprint density at radius 1 is 1.00 bits per heavy atom. The Hall–Kier alpha value is -0.630. The topological polar surface area (TPSA) is 23.6 Å². The van der Waals surface area contributed by atoms with Crippen LogP contribution >= 0.6 is 7.44 Å². The second-order valence-corrected chi connectivity index (χ2v) is 7.25. The first-order valence-electron chi connectivity index (χ1n) is 4.95. The zero-order chi connectivity index (χ0) is 11.5. The lowest BCUT2D eigenvalue weighted by Gasteiger charge is -2.30. The lowest BCUT2D eigenvalue weighted by atomic mass is 10.2. The summed E-state index contributed by atoms with van der Waals surface area (Å²) >= 11 is 0. The largest absolute Gasteiger partial charge is 0.288 e. The maximum Gasteiger partial charge on any atom is 0.219 e. The molecule has 0 radical (unpaired) electrons. The minimum atomic E-state index is -2.42. The number of benzene rings is 1. The van der Waals surface area contributed by atoms with Crippen LogP contribution in [-0.2, 0) is 10.7 Å². The van der Waals surface area contributed by atoms with Crippen molar-refractivity contribution >= 4 is 7.44 Å². The average Bonchev–Trinajstić information content (AvgIpc) is 2.18. The average molecular weight is 226 g/mol. The van der Waals surface area contributed by atoms with E-state index in [0.29, 0.717) is 6.16 Å². The quantitative estimate of drug-likeness (QED) is 0.737. The van der Waals surface area contributed by atoms with Crippen molar-refractivity contribution in [3.05, 3.63) is 35.9 Å². The molecule has 0 aliphatic heterocycles.